The van der Waals surface area contributed by atoms with Crippen molar-refractivity contribution < 1.29 is 0 Å². The molecule has 1 aliphatic rings. The first-order valence-corrected chi connectivity index (χ1v) is 6.85. The lowest BCUT2D eigenvalue weighted by Crippen LogP contribution is -2.10. The molecule has 3 rings (SSSR count). The summed E-state index contributed by atoms with van der Waals surface area (Å²) in [6, 6.07) is 15.5. The van der Waals surface area contributed by atoms with Crippen molar-refractivity contribution in [2.45, 2.75) is 32.6 Å². The summed E-state index contributed by atoms with van der Waals surface area (Å²) >= 11 is 0. The van der Waals surface area contributed by atoms with Gasteiger partial charge in [-0.1, -0.05) is 69.3 Å². The summed E-state index contributed by atoms with van der Waals surface area (Å²) in [4.78, 5) is 0. The quantitative estimate of drug-likeness (QED) is 0.663. The molecule has 19 heavy (non-hydrogen) atoms. The normalized spacial score (nSPS) is 13.6. The first-order chi connectivity index (χ1) is 9.05. The Morgan fingerprint density at radius 3 is 2.37 bits per heavy atom. The van der Waals surface area contributed by atoms with Gasteiger partial charge in [-0.25, -0.2) is 0 Å². The van der Waals surface area contributed by atoms with Crippen LogP contribution in [0.15, 0.2) is 42.5 Å². The SMILES string of the molecule is CC(C)(C)c1ccc(-c2cccc3c2C=[C]C3)cc1. The molecule has 0 unspecified atom stereocenters. The zero-order chi connectivity index (χ0) is 13.5. The highest BCUT2D eigenvalue weighted by Gasteiger charge is 2.15. The molecule has 1 aliphatic carbocycles. The molecule has 0 nitrogen and oxygen atoms in total. The Morgan fingerprint density at radius 1 is 0.947 bits per heavy atom. The number of hydrogen-bond donors (Lipinski definition) is 0. The number of allylic oxidation sites excluding steroid dienone is 1. The van der Waals surface area contributed by atoms with E-state index < -0.39 is 0 Å². The summed E-state index contributed by atoms with van der Waals surface area (Å²) in [5.74, 6) is 0. The summed E-state index contributed by atoms with van der Waals surface area (Å²) in [5, 5.41) is 0. The van der Waals surface area contributed by atoms with Gasteiger partial charge in [0, 0.05) is 0 Å². The third kappa shape index (κ3) is 2.23. The van der Waals surface area contributed by atoms with E-state index in [2.05, 4.69) is 75.4 Å². The molecule has 0 atom stereocenters. The fourth-order valence-electron chi connectivity index (χ4n) is 2.60. The molecular weight excluding hydrogens is 228 g/mol. The lowest BCUT2D eigenvalue weighted by Gasteiger charge is -2.19. The Balaban J connectivity index is 2.04. The van der Waals surface area contributed by atoms with Crippen molar-refractivity contribution in [3.05, 3.63) is 65.2 Å². The molecule has 1 radical (unpaired) electrons. The van der Waals surface area contributed by atoms with Gasteiger partial charge in [-0.05, 0) is 45.7 Å². The zero-order valence-electron chi connectivity index (χ0n) is 11.8. The van der Waals surface area contributed by atoms with E-state index in [4.69, 9.17) is 0 Å². The summed E-state index contributed by atoms with van der Waals surface area (Å²) in [7, 11) is 0. The van der Waals surface area contributed by atoms with Crippen molar-refractivity contribution >= 4 is 6.08 Å². The minimum atomic E-state index is 0.213. The first-order valence-electron chi connectivity index (χ1n) is 6.85. The topological polar surface area (TPSA) is 0 Å². The van der Waals surface area contributed by atoms with Gasteiger partial charge < -0.3 is 0 Å². The van der Waals surface area contributed by atoms with E-state index in [9.17, 15) is 0 Å². The first kappa shape index (κ1) is 12.2. The maximum absolute atomic E-state index is 3.31. The molecule has 0 heterocycles. The molecule has 0 N–H and O–H groups in total. The van der Waals surface area contributed by atoms with Crippen molar-refractivity contribution in [2.75, 3.05) is 0 Å². The third-order valence-corrected chi connectivity index (χ3v) is 3.80. The molecule has 0 spiro atoms. The van der Waals surface area contributed by atoms with Crippen LogP contribution in [0.25, 0.3) is 17.2 Å². The van der Waals surface area contributed by atoms with Gasteiger partial charge in [0.1, 0.15) is 0 Å². The van der Waals surface area contributed by atoms with Crippen molar-refractivity contribution in [1.82, 2.24) is 0 Å². The van der Waals surface area contributed by atoms with Gasteiger partial charge in [-0.2, -0.15) is 0 Å². The van der Waals surface area contributed by atoms with Gasteiger partial charge in [0.2, 0.25) is 0 Å². The second-order valence-corrected chi connectivity index (χ2v) is 6.23. The standard InChI is InChI=1S/C19H19/c1-19(2,3)16-12-10-15(11-13-16)18-9-5-7-14-6-4-8-17(14)18/h5,7-13H,6H2,1-3H3. The van der Waals surface area contributed by atoms with Gasteiger partial charge >= 0.3 is 0 Å². The second-order valence-electron chi connectivity index (χ2n) is 6.23. The van der Waals surface area contributed by atoms with E-state index in [0.29, 0.717) is 0 Å². The maximum Gasteiger partial charge on any atom is -0.00165 e. The van der Waals surface area contributed by atoms with E-state index >= 15 is 0 Å². The second kappa shape index (κ2) is 4.38. The lowest BCUT2D eigenvalue weighted by molar-refractivity contribution is 0.590. The fraction of sp³-hybridized carbons (Fsp3) is 0.263. The van der Waals surface area contributed by atoms with Crippen molar-refractivity contribution in [3.8, 4) is 11.1 Å². The molecule has 0 heteroatoms. The van der Waals surface area contributed by atoms with Gasteiger partial charge in [0.25, 0.3) is 0 Å². The predicted molar refractivity (Wildman–Crippen MR) is 82.0 cm³/mol. The highest BCUT2D eigenvalue weighted by molar-refractivity contribution is 5.78. The molecule has 95 valence electrons. The van der Waals surface area contributed by atoms with Crippen LogP contribution in [0.3, 0.4) is 0 Å². The average Bonchev–Trinajstić information content (AvgIpc) is 2.86. The van der Waals surface area contributed by atoms with E-state index in [1.54, 1.807) is 0 Å². The third-order valence-electron chi connectivity index (χ3n) is 3.80. The van der Waals surface area contributed by atoms with Crippen molar-refractivity contribution in [1.29, 1.82) is 0 Å². The van der Waals surface area contributed by atoms with Crippen LogP contribution in [0.2, 0.25) is 0 Å². The van der Waals surface area contributed by atoms with Gasteiger partial charge in [0.05, 0.1) is 0 Å². The minimum absolute atomic E-state index is 0.213. The Kier molecular flexibility index (Phi) is 2.82. The van der Waals surface area contributed by atoms with Crippen LogP contribution < -0.4 is 0 Å². The maximum atomic E-state index is 3.31. The smallest absolute Gasteiger partial charge is 0.00165 e. The highest BCUT2D eigenvalue weighted by Crippen LogP contribution is 2.32. The lowest BCUT2D eigenvalue weighted by atomic mass is 9.86. The molecule has 0 aromatic heterocycles. The largest absolute Gasteiger partial charge is 0.0613 e. The molecule has 0 saturated carbocycles. The van der Waals surface area contributed by atoms with Crippen LogP contribution >= 0.6 is 0 Å². The van der Waals surface area contributed by atoms with Crippen LogP contribution in [-0.4, -0.2) is 0 Å². The Labute approximate surface area is 115 Å². The van der Waals surface area contributed by atoms with Crippen molar-refractivity contribution in [3.63, 3.8) is 0 Å². The van der Waals surface area contributed by atoms with Crippen LogP contribution in [-0.2, 0) is 11.8 Å². The Morgan fingerprint density at radius 2 is 1.68 bits per heavy atom. The molecule has 0 saturated heterocycles. The van der Waals surface area contributed by atoms with E-state index in [0.717, 1.165) is 6.42 Å². The minimum Gasteiger partial charge on any atom is -0.0613 e. The van der Waals surface area contributed by atoms with Gasteiger partial charge in [-0.15, -0.1) is 0 Å². The number of rotatable bonds is 1. The number of hydrogen-bond acceptors (Lipinski definition) is 0. The molecule has 2 aromatic rings. The van der Waals surface area contributed by atoms with Gasteiger partial charge in [0.15, 0.2) is 0 Å². The average molecular weight is 247 g/mol. The van der Waals surface area contributed by atoms with E-state index in [1.807, 2.05) is 0 Å². The predicted octanol–water partition coefficient (Wildman–Crippen LogP) is 5.02. The summed E-state index contributed by atoms with van der Waals surface area (Å²) in [6.45, 7) is 6.75. The molecule has 0 bridgehead atoms. The molecule has 2 aromatic carbocycles. The fourth-order valence-corrected chi connectivity index (χ4v) is 2.60. The Hall–Kier alpha value is -1.82. The summed E-state index contributed by atoms with van der Waals surface area (Å²) < 4.78 is 0. The Bertz CT molecular complexity index is 622. The number of benzene rings is 2. The highest BCUT2D eigenvalue weighted by atomic mass is 14.2. The molecule has 0 fully saturated rings. The van der Waals surface area contributed by atoms with Crippen molar-refractivity contribution in [2.24, 2.45) is 0 Å². The molecule has 0 amide bonds. The zero-order valence-corrected chi connectivity index (χ0v) is 11.8. The number of fused-ring (bicyclic) bond motifs is 1. The van der Waals surface area contributed by atoms with Crippen LogP contribution in [0.5, 0.6) is 0 Å². The molecule has 0 aliphatic heterocycles. The van der Waals surface area contributed by atoms with Crippen LogP contribution in [0.1, 0.15) is 37.5 Å². The molecular formula is C19H19. The van der Waals surface area contributed by atoms with E-state index in [1.165, 1.54) is 27.8 Å². The van der Waals surface area contributed by atoms with E-state index in [-0.39, 0.29) is 5.41 Å². The monoisotopic (exact) mass is 247 g/mol. The van der Waals surface area contributed by atoms with Gasteiger partial charge in [-0.3, -0.25) is 0 Å². The summed E-state index contributed by atoms with van der Waals surface area (Å²) in [5.41, 5.74) is 6.94. The summed E-state index contributed by atoms with van der Waals surface area (Å²) in [6.07, 6.45) is 6.38. The van der Waals surface area contributed by atoms with Crippen LogP contribution in [0.4, 0.5) is 0 Å². The van der Waals surface area contributed by atoms with Crippen LogP contribution in [0, 0.1) is 6.08 Å².